The molecular formula is C13H16FNO3. The number of aromatic carboxylic acids is 1. The summed E-state index contributed by atoms with van der Waals surface area (Å²) >= 11 is 0. The van der Waals surface area contributed by atoms with Gasteiger partial charge in [-0.3, -0.25) is 0 Å². The molecule has 1 saturated heterocycles. The molecule has 0 saturated carbocycles. The van der Waals surface area contributed by atoms with E-state index in [-0.39, 0.29) is 23.8 Å². The molecule has 0 bridgehead atoms. The van der Waals surface area contributed by atoms with Gasteiger partial charge in [0.25, 0.3) is 0 Å². The Bertz CT molecular complexity index is 442. The molecule has 4 nitrogen and oxygen atoms in total. The van der Waals surface area contributed by atoms with Crippen LogP contribution in [0.1, 0.15) is 23.2 Å². The molecule has 1 aliphatic rings. The lowest BCUT2D eigenvalue weighted by Gasteiger charge is -2.33. The molecule has 0 aromatic heterocycles. The summed E-state index contributed by atoms with van der Waals surface area (Å²) in [5.74, 6) is -1.38. The van der Waals surface area contributed by atoms with Crippen molar-refractivity contribution in [2.45, 2.75) is 12.8 Å². The Morgan fingerprint density at radius 3 is 2.61 bits per heavy atom. The largest absolute Gasteiger partial charge is 0.478 e. The van der Waals surface area contributed by atoms with Gasteiger partial charge in [0.1, 0.15) is 5.82 Å². The van der Waals surface area contributed by atoms with E-state index in [0.29, 0.717) is 13.1 Å². The standard InChI is InChI=1S/C13H16FNO3/c14-11-3-1-2-10(13(17)18)12(11)15-6-4-9(8-16)5-7-15/h1-3,9,16H,4-8H2,(H,17,18). The topological polar surface area (TPSA) is 60.8 Å². The van der Waals surface area contributed by atoms with Crippen molar-refractivity contribution in [2.24, 2.45) is 5.92 Å². The summed E-state index contributed by atoms with van der Waals surface area (Å²) in [5.41, 5.74) is 0.166. The van der Waals surface area contributed by atoms with Crippen LogP contribution in [0, 0.1) is 11.7 Å². The Hall–Kier alpha value is -1.62. The summed E-state index contributed by atoms with van der Waals surface area (Å²) < 4.78 is 13.8. The molecule has 1 aliphatic heterocycles. The number of hydrogen-bond donors (Lipinski definition) is 2. The van der Waals surface area contributed by atoms with Crippen LogP contribution in [0.5, 0.6) is 0 Å². The highest BCUT2D eigenvalue weighted by Gasteiger charge is 2.24. The number of carboxylic acid groups (broad SMARTS) is 1. The second-order valence-corrected chi connectivity index (χ2v) is 4.55. The average Bonchev–Trinajstić information content (AvgIpc) is 2.38. The SMILES string of the molecule is O=C(O)c1cccc(F)c1N1CCC(CO)CC1. The number of rotatable bonds is 3. The summed E-state index contributed by atoms with van der Waals surface area (Å²) in [7, 11) is 0. The maximum absolute atomic E-state index is 13.8. The first-order valence-corrected chi connectivity index (χ1v) is 6.01. The first-order chi connectivity index (χ1) is 8.63. The van der Waals surface area contributed by atoms with E-state index in [1.807, 2.05) is 0 Å². The number of carboxylic acids is 1. The Labute approximate surface area is 105 Å². The molecule has 0 unspecified atom stereocenters. The van der Waals surface area contributed by atoms with Crippen LogP contribution in [-0.4, -0.2) is 35.9 Å². The zero-order valence-electron chi connectivity index (χ0n) is 9.97. The molecule has 5 heteroatoms. The van der Waals surface area contributed by atoms with Gasteiger partial charge < -0.3 is 15.1 Å². The predicted octanol–water partition coefficient (Wildman–Crippen LogP) is 1.73. The van der Waals surface area contributed by atoms with E-state index in [9.17, 15) is 9.18 Å². The van der Waals surface area contributed by atoms with Gasteiger partial charge in [0, 0.05) is 19.7 Å². The molecule has 2 rings (SSSR count). The monoisotopic (exact) mass is 253 g/mol. The molecule has 0 amide bonds. The lowest BCUT2D eigenvalue weighted by molar-refractivity contribution is 0.0697. The maximum Gasteiger partial charge on any atom is 0.337 e. The third-order valence-electron chi connectivity index (χ3n) is 3.41. The third-order valence-corrected chi connectivity index (χ3v) is 3.41. The number of carbonyl (C=O) groups is 1. The molecule has 18 heavy (non-hydrogen) atoms. The predicted molar refractivity (Wildman–Crippen MR) is 65.4 cm³/mol. The first-order valence-electron chi connectivity index (χ1n) is 6.01. The highest BCUT2D eigenvalue weighted by molar-refractivity contribution is 5.94. The van der Waals surface area contributed by atoms with Gasteiger partial charge in [0.15, 0.2) is 0 Å². The van der Waals surface area contributed by atoms with Crippen LogP contribution in [0.4, 0.5) is 10.1 Å². The normalized spacial score (nSPS) is 16.9. The van der Waals surface area contributed by atoms with Gasteiger partial charge in [-0.15, -0.1) is 0 Å². The van der Waals surface area contributed by atoms with Crippen LogP contribution in [0.3, 0.4) is 0 Å². The second-order valence-electron chi connectivity index (χ2n) is 4.55. The molecule has 1 fully saturated rings. The van der Waals surface area contributed by atoms with Crippen molar-refractivity contribution >= 4 is 11.7 Å². The van der Waals surface area contributed by atoms with Crippen LogP contribution >= 0.6 is 0 Å². The van der Waals surface area contributed by atoms with Crippen LogP contribution < -0.4 is 4.90 Å². The van der Waals surface area contributed by atoms with E-state index in [0.717, 1.165) is 12.8 Å². The van der Waals surface area contributed by atoms with Gasteiger partial charge in [-0.1, -0.05) is 6.07 Å². The fraction of sp³-hybridized carbons (Fsp3) is 0.462. The Morgan fingerprint density at radius 1 is 1.39 bits per heavy atom. The summed E-state index contributed by atoms with van der Waals surface area (Å²) in [4.78, 5) is 12.9. The van der Waals surface area contributed by atoms with E-state index in [1.165, 1.54) is 18.2 Å². The minimum Gasteiger partial charge on any atom is -0.478 e. The van der Waals surface area contributed by atoms with Gasteiger partial charge in [-0.2, -0.15) is 0 Å². The molecule has 0 radical (unpaired) electrons. The zero-order valence-corrected chi connectivity index (χ0v) is 9.97. The van der Waals surface area contributed by atoms with Crippen molar-refractivity contribution in [1.82, 2.24) is 0 Å². The van der Waals surface area contributed by atoms with Crippen LogP contribution in [0.2, 0.25) is 0 Å². The number of piperidine rings is 1. The number of aliphatic hydroxyl groups is 1. The van der Waals surface area contributed by atoms with Gasteiger partial charge in [0.2, 0.25) is 0 Å². The number of hydrogen-bond acceptors (Lipinski definition) is 3. The summed E-state index contributed by atoms with van der Waals surface area (Å²) in [6.07, 6.45) is 1.51. The minimum atomic E-state index is -1.12. The molecule has 1 heterocycles. The van der Waals surface area contributed by atoms with Crippen molar-refractivity contribution < 1.29 is 19.4 Å². The summed E-state index contributed by atoms with van der Waals surface area (Å²) in [5, 5.41) is 18.1. The molecule has 98 valence electrons. The number of benzene rings is 1. The Kier molecular flexibility index (Phi) is 3.81. The van der Waals surface area contributed by atoms with Gasteiger partial charge in [-0.25, -0.2) is 9.18 Å². The van der Waals surface area contributed by atoms with Crippen molar-refractivity contribution in [1.29, 1.82) is 0 Å². The van der Waals surface area contributed by atoms with Gasteiger partial charge in [0.05, 0.1) is 11.3 Å². The first kappa shape index (κ1) is 12.8. The zero-order chi connectivity index (χ0) is 13.1. The fourth-order valence-corrected chi connectivity index (χ4v) is 2.35. The molecule has 0 atom stereocenters. The molecular weight excluding hydrogens is 237 g/mol. The quantitative estimate of drug-likeness (QED) is 0.861. The Morgan fingerprint density at radius 2 is 2.06 bits per heavy atom. The molecule has 0 spiro atoms. The number of anilines is 1. The van der Waals surface area contributed by atoms with Crippen molar-refractivity contribution in [2.75, 3.05) is 24.6 Å². The van der Waals surface area contributed by atoms with Crippen molar-refractivity contribution in [3.05, 3.63) is 29.6 Å². The van der Waals surface area contributed by atoms with E-state index >= 15 is 0 Å². The average molecular weight is 253 g/mol. The van der Waals surface area contributed by atoms with Gasteiger partial charge in [-0.05, 0) is 30.9 Å². The van der Waals surface area contributed by atoms with Crippen LogP contribution in [0.15, 0.2) is 18.2 Å². The highest BCUT2D eigenvalue weighted by atomic mass is 19.1. The minimum absolute atomic E-state index is 0.00236. The van der Waals surface area contributed by atoms with E-state index in [2.05, 4.69) is 0 Å². The van der Waals surface area contributed by atoms with Crippen LogP contribution in [0.25, 0.3) is 0 Å². The number of nitrogens with zero attached hydrogens (tertiary/aromatic N) is 1. The fourth-order valence-electron chi connectivity index (χ4n) is 2.35. The Balaban J connectivity index is 2.26. The summed E-state index contributed by atoms with van der Waals surface area (Å²) in [6, 6.07) is 4.10. The smallest absolute Gasteiger partial charge is 0.337 e. The number of halogens is 1. The lowest BCUT2D eigenvalue weighted by atomic mass is 9.97. The number of aliphatic hydroxyl groups excluding tert-OH is 1. The molecule has 0 aliphatic carbocycles. The molecule has 2 N–H and O–H groups in total. The maximum atomic E-state index is 13.8. The summed E-state index contributed by atoms with van der Waals surface area (Å²) in [6.45, 7) is 1.29. The highest BCUT2D eigenvalue weighted by Crippen LogP contribution is 2.28. The molecule has 1 aromatic rings. The second kappa shape index (κ2) is 5.35. The van der Waals surface area contributed by atoms with Gasteiger partial charge >= 0.3 is 5.97 Å². The van der Waals surface area contributed by atoms with E-state index in [1.54, 1.807) is 4.90 Å². The van der Waals surface area contributed by atoms with E-state index in [4.69, 9.17) is 10.2 Å². The van der Waals surface area contributed by atoms with Crippen molar-refractivity contribution in [3.63, 3.8) is 0 Å². The number of para-hydroxylation sites is 1. The lowest BCUT2D eigenvalue weighted by Crippen LogP contribution is -2.36. The van der Waals surface area contributed by atoms with Crippen LogP contribution in [-0.2, 0) is 0 Å². The van der Waals surface area contributed by atoms with Crippen molar-refractivity contribution in [3.8, 4) is 0 Å². The third kappa shape index (κ3) is 2.46. The van der Waals surface area contributed by atoms with E-state index < -0.39 is 11.8 Å². The molecule has 1 aromatic carbocycles.